The maximum atomic E-state index is 8.73. The van der Waals surface area contributed by atoms with Crippen LogP contribution < -0.4 is 11.1 Å². The van der Waals surface area contributed by atoms with Crippen LogP contribution in [0.2, 0.25) is 0 Å². The van der Waals surface area contributed by atoms with Crippen molar-refractivity contribution in [2.24, 2.45) is 0 Å². The van der Waals surface area contributed by atoms with Crippen LogP contribution in [0.3, 0.4) is 0 Å². The molecule has 0 fully saturated rings. The van der Waals surface area contributed by atoms with Crippen LogP contribution in [-0.2, 0) is 6.54 Å². The van der Waals surface area contributed by atoms with E-state index in [0.29, 0.717) is 17.8 Å². The van der Waals surface area contributed by atoms with E-state index in [9.17, 15) is 0 Å². The molecule has 0 atom stereocenters. The van der Waals surface area contributed by atoms with Gasteiger partial charge in [0, 0.05) is 5.38 Å². The van der Waals surface area contributed by atoms with Gasteiger partial charge in [-0.15, -0.1) is 11.3 Å². The summed E-state index contributed by atoms with van der Waals surface area (Å²) < 4.78 is 0. The summed E-state index contributed by atoms with van der Waals surface area (Å²) in [6.07, 6.45) is 0. The van der Waals surface area contributed by atoms with Gasteiger partial charge in [0.1, 0.15) is 0 Å². The van der Waals surface area contributed by atoms with Crippen LogP contribution in [-0.4, -0.2) is 4.98 Å². The number of nitrogens with zero attached hydrogens (tertiary/aromatic N) is 2. The van der Waals surface area contributed by atoms with E-state index in [-0.39, 0.29) is 0 Å². The van der Waals surface area contributed by atoms with Crippen molar-refractivity contribution in [2.45, 2.75) is 13.5 Å². The number of nitrogens with two attached hydrogens (primary N) is 1. The third-order valence-corrected chi connectivity index (χ3v) is 3.13. The molecular weight excluding hydrogens is 232 g/mol. The second-order valence-electron chi connectivity index (χ2n) is 3.63. The lowest BCUT2D eigenvalue weighted by molar-refractivity contribution is 1.06. The van der Waals surface area contributed by atoms with Crippen molar-refractivity contribution in [2.75, 3.05) is 11.1 Å². The highest BCUT2D eigenvalue weighted by atomic mass is 32.1. The molecule has 1 heterocycles. The first-order valence-electron chi connectivity index (χ1n) is 5.13. The summed E-state index contributed by atoms with van der Waals surface area (Å²) in [5.74, 6) is 0. The first-order valence-corrected chi connectivity index (χ1v) is 6.01. The Hall–Kier alpha value is -2.06. The first-order chi connectivity index (χ1) is 8.19. The van der Waals surface area contributed by atoms with E-state index in [4.69, 9.17) is 11.0 Å². The van der Waals surface area contributed by atoms with Gasteiger partial charge in [0.2, 0.25) is 0 Å². The molecule has 0 saturated carbocycles. The summed E-state index contributed by atoms with van der Waals surface area (Å²) in [5, 5.41) is 15.0. The van der Waals surface area contributed by atoms with E-state index in [2.05, 4.69) is 16.4 Å². The number of nitrogen functional groups attached to an aromatic ring is 1. The minimum Gasteiger partial charge on any atom is -0.397 e. The van der Waals surface area contributed by atoms with Gasteiger partial charge in [-0.1, -0.05) is 0 Å². The number of aryl methyl sites for hydroxylation is 1. The molecule has 1 aromatic heterocycles. The average Bonchev–Trinajstić information content (AvgIpc) is 2.73. The van der Waals surface area contributed by atoms with Crippen LogP contribution >= 0.6 is 11.3 Å². The Morgan fingerprint density at radius 1 is 1.53 bits per heavy atom. The molecule has 2 rings (SSSR count). The zero-order chi connectivity index (χ0) is 12.3. The van der Waals surface area contributed by atoms with Crippen LogP contribution in [0.5, 0.6) is 0 Å². The third kappa shape index (κ3) is 2.74. The molecule has 17 heavy (non-hydrogen) atoms. The van der Waals surface area contributed by atoms with Crippen molar-refractivity contribution in [3.63, 3.8) is 0 Å². The molecule has 0 aliphatic heterocycles. The molecule has 0 unspecified atom stereocenters. The average molecular weight is 244 g/mol. The molecule has 0 bridgehead atoms. The normalized spacial score (nSPS) is 9.88. The van der Waals surface area contributed by atoms with Crippen LogP contribution in [0, 0.1) is 18.3 Å². The van der Waals surface area contributed by atoms with Gasteiger partial charge in [0.05, 0.1) is 40.3 Å². The van der Waals surface area contributed by atoms with Crippen molar-refractivity contribution in [1.82, 2.24) is 4.98 Å². The molecule has 4 nitrogen and oxygen atoms in total. The highest BCUT2D eigenvalue weighted by molar-refractivity contribution is 7.09. The molecule has 0 aliphatic carbocycles. The molecule has 2 aromatic rings. The number of nitrogens with one attached hydrogen (secondary N) is 1. The number of hydrogen-bond acceptors (Lipinski definition) is 5. The van der Waals surface area contributed by atoms with Crippen LogP contribution in [0.1, 0.15) is 16.3 Å². The zero-order valence-corrected chi connectivity index (χ0v) is 10.2. The Bertz CT molecular complexity index is 568. The van der Waals surface area contributed by atoms with Crippen molar-refractivity contribution >= 4 is 22.7 Å². The van der Waals surface area contributed by atoms with Gasteiger partial charge in [0.15, 0.2) is 0 Å². The first kappa shape index (κ1) is 11.4. The van der Waals surface area contributed by atoms with E-state index in [0.717, 1.165) is 16.4 Å². The highest BCUT2D eigenvalue weighted by Gasteiger charge is 2.02. The lowest BCUT2D eigenvalue weighted by atomic mass is 10.2. The fraction of sp³-hybridized carbons (Fsp3) is 0.167. The third-order valence-electron chi connectivity index (χ3n) is 2.31. The van der Waals surface area contributed by atoms with Gasteiger partial charge >= 0.3 is 0 Å². The lowest BCUT2D eigenvalue weighted by Crippen LogP contribution is -2.03. The molecule has 0 aliphatic rings. The minimum atomic E-state index is 0.567. The van der Waals surface area contributed by atoms with Crippen LogP contribution in [0.15, 0.2) is 23.6 Å². The molecule has 5 heteroatoms. The number of thiazole rings is 1. The summed E-state index contributed by atoms with van der Waals surface area (Å²) >= 11 is 1.62. The summed E-state index contributed by atoms with van der Waals surface area (Å²) in [4.78, 5) is 4.35. The van der Waals surface area contributed by atoms with Crippen molar-refractivity contribution in [3.8, 4) is 6.07 Å². The topological polar surface area (TPSA) is 74.7 Å². The maximum absolute atomic E-state index is 8.73. The second-order valence-corrected chi connectivity index (χ2v) is 4.69. The van der Waals surface area contributed by atoms with Crippen LogP contribution in [0.4, 0.5) is 11.4 Å². The van der Waals surface area contributed by atoms with Crippen LogP contribution in [0.25, 0.3) is 0 Å². The van der Waals surface area contributed by atoms with E-state index in [1.54, 1.807) is 23.5 Å². The Balaban J connectivity index is 2.07. The minimum absolute atomic E-state index is 0.567. The number of rotatable bonds is 3. The quantitative estimate of drug-likeness (QED) is 0.813. The van der Waals surface area contributed by atoms with Gasteiger partial charge < -0.3 is 11.1 Å². The lowest BCUT2D eigenvalue weighted by Gasteiger charge is -2.07. The molecule has 1 aromatic carbocycles. The van der Waals surface area contributed by atoms with Gasteiger partial charge in [-0.3, -0.25) is 0 Å². The van der Waals surface area contributed by atoms with Gasteiger partial charge in [-0.25, -0.2) is 4.98 Å². The van der Waals surface area contributed by atoms with Gasteiger partial charge in [0.25, 0.3) is 0 Å². The number of anilines is 2. The maximum Gasteiger partial charge on any atom is 0.0992 e. The standard InChI is InChI=1S/C12H12N4S/c1-8-16-10(7-17-8)6-15-12-3-2-9(5-13)4-11(12)14/h2-4,7,15H,6,14H2,1H3. The number of aromatic nitrogens is 1. The number of nitriles is 1. The number of hydrogen-bond donors (Lipinski definition) is 2. The predicted octanol–water partition coefficient (Wildman–Crippen LogP) is 2.52. The Kier molecular flexibility index (Phi) is 3.26. The predicted molar refractivity (Wildman–Crippen MR) is 69.7 cm³/mol. The largest absolute Gasteiger partial charge is 0.397 e. The number of benzene rings is 1. The fourth-order valence-electron chi connectivity index (χ4n) is 1.47. The molecule has 0 spiro atoms. The SMILES string of the molecule is Cc1nc(CNc2ccc(C#N)cc2N)cs1. The van der Waals surface area contributed by atoms with E-state index >= 15 is 0 Å². The zero-order valence-electron chi connectivity index (χ0n) is 9.40. The Morgan fingerprint density at radius 3 is 2.94 bits per heavy atom. The molecule has 0 amide bonds. The Morgan fingerprint density at radius 2 is 2.35 bits per heavy atom. The molecule has 0 saturated heterocycles. The summed E-state index contributed by atoms with van der Waals surface area (Å²) in [6.45, 7) is 2.62. The second kappa shape index (κ2) is 4.85. The molecule has 0 radical (unpaired) electrons. The highest BCUT2D eigenvalue weighted by Crippen LogP contribution is 2.20. The molecule has 3 N–H and O–H groups in total. The molecular formula is C12H12N4S. The summed E-state index contributed by atoms with van der Waals surface area (Å²) in [5.41, 5.74) is 8.81. The van der Waals surface area contributed by atoms with Crippen molar-refractivity contribution < 1.29 is 0 Å². The van der Waals surface area contributed by atoms with Crippen molar-refractivity contribution in [3.05, 3.63) is 39.8 Å². The van der Waals surface area contributed by atoms with Gasteiger partial charge in [-0.2, -0.15) is 5.26 Å². The summed E-state index contributed by atoms with van der Waals surface area (Å²) in [6, 6.07) is 7.27. The summed E-state index contributed by atoms with van der Waals surface area (Å²) in [7, 11) is 0. The fourth-order valence-corrected chi connectivity index (χ4v) is 2.08. The van der Waals surface area contributed by atoms with Gasteiger partial charge in [-0.05, 0) is 25.1 Å². The Labute approximate surface area is 104 Å². The smallest absolute Gasteiger partial charge is 0.0992 e. The van der Waals surface area contributed by atoms with E-state index < -0.39 is 0 Å². The monoisotopic (exact) mass is 244 g/mol. The molecule has 86 valence electrons. The van der Waals surface area contributed by atoms with E-state index in [1.807, 2.05) is 18.4 Å². The van der Waals surface area contributed by atoms with Crippen molar-refractivity contribution in [1.29, 1.82) is 5.26 Å². The van der Waals surface area contributed by atoms with E-state index in [1.165, 1.54) is 0 Å².